The van der Waals surface area contributed by atoms with Crippen molar-refractivity contribution in [3.63, 3.8) is 0 Å². The van der Waals surface area contributed by atoms with Gasteiger partial charge in [0.1, 0.15) is 0 Å². The van der Waals surface area contributed by atoms with Gasteiger partial charge in [0.2, 0.25) is 0 Å². The standard InChI is InChI=1S/C16H25F3N4/c1-4-20-15(21-9-6-10-23(2)3)22-12-13-7-5-8-14(11-13)16(17,18)19/h5,7-8,11H,4,6,9-10,12H2,1-3H3,(H2,20,21,22). The van der Waals surface area contributed by atoms with E-state index < -0.39 is 11.7 Å². The summed E-state index contributed by atoms with van der Waals surface area (Å²) in [6.45, 7) is 4.56. The molecule has 2 N–H and O–H groups in total. The second kappa shape index (κ2) is 9.39. The van der Waals surface area contributed by atoms with Crippen LogP contribution >= 0.6 is 0 Å². The third-order valence-electron chi connectivity index (χ3n) is 3.09. The highest BCUT2D eigenvalue weighted by molar-refractivity contribution is 5.79. The first-order valence-electron chi connectivity index (χ1n) is 7.66. The molecule has 1 rings (SSSR count). The van der Waals surface area contributed by atoms with Gasteiger partial charge in [-0.1, -0.05) is 12.1 Å². The number of guanidine groups is 1. The van der Waals surface area contributed by atoms with E-state index in [1.807, 2.05) is 21.0 Å². The van der Waals surface area contributed by atoms with Crippen molar-refractivity contribution in [2.45, 2.75) is 26.1 Å². The summed E-state index contributed by atoms with van der Waals surface area (Å²) < 4.78 is 38.1. The lowest BCUT2D eigenvalue weighted by molar-refractivity contribution is -0.137. The molecule has 0 saturated carbocycles. The smallest absolute Gasteiger partial charge is 0.357 e. The zero-order valence-electron chi connectivity index (χ0n) is 13.9. The third-order valence-corrected chi connectivity index (χ3v) is 3.09. The average Bonchev–Trinajstić information content (AvgIpc) is 2.48. The van der Waals surface area contributed by atoms with Crippen LogP contribution in [0.25, 0.3) is 0 Å². The van der Waals surface area contributed by atoms with E-state index in [-0.39, 0.29) is 6.54 Å². The van der Waals surface area contributed by atoms with Gasteiger partial charge in [0.15, 0.2) is 5.96 Å². The van der Waals surface area contributed by atoms with Gasteiger partial charge in [-0.15, -0.1) is 0 Å². The Morgan fingerprint density at radius 2 is 1.96 bits per heavy atom. The van der Waals surface area contributed by atoms with Crippen molar-refractivity contribution >= 4 is 5.96 Å². The minimum atomic E-state index is -4.32. The zero-order chi connectivity index (χ0) is 17.3. The Bertz CT molecular complexity index is 498. The van der Waals surface area contributed by atoms with Crippen LogP contribution in [0.15, 0.2) is 29.3 Å². The fourth-order valence-electron chi connectivity index (χ4n) is 1.96. The van der Waals surface area contributed by atoms with E-state index in [0.29, 0.717) is 18.1 Å². The van der Waals surface area contributed by atoms with Gasteiger partial charge < -0.3 is 15.5 Å². The number of nitrogens with one attached hydrogen (secondary N) is 2. The van der Waals surface area contributed by atoms with Gasteiger partial charge in [-0.05, 0) is 51.7 Å². The normalized spacial score (nSPS) is 12.6. The van der Waals surface area contributed by atoms with Crippen molar-refractivity contribution in [3.8, 4) is 0 Å². The first kappa shape index (κ1) is 19.3. The number of aliphatic imine (C=N–C) groups is 1. The summed E-state index contributed by atoms with van der Waals surface area (Å²) in [4.78, 5) is 6.43. The molecule has 4 nitrogen and oxygen atoms in total. The number of benzene rings is 1. The Hall–Kier alpha value is -1.76. The Labute approximate surface area is 135 Å². The second-order valence-electron chi connectivity index (χ2n) is 5.48. The summed E-state index contributed by atoms with van der Waals surface area (Å²) in [5, 5.41) is 6.27. The lowest BCUT2D eigenvalue weighted by atomic mass is 10.1. The third kappa shape index (κ3) is 7.88. The van der Waals surface area contributed by atoms with Crippen LogP contribution in [0.2, 0.25) is 0 Å². The van der Waals surface area contributed by atoms with E-state index in [9.17, 15) is 13.2 Å². The molecule has 0 spiro atoms. The molecule has 0 heterocycles. The summed E-state index contributed by atoms with van der Waals surface area (Å²) in [6.07, 6.45) is -3.37. The maximum Gasteiger partial charge on any atom is 0.416 e. The number of hydrogen-bond donors (Lipinski definition) is 2. The summed E-state index contributed by atoms with van der Waals surface area (Å²) in [5.41, 5.74) is -0.112. The van der Waals surface area contributed by atoms with Crippen molar-refractivity contribution in [1.29, 1.82) is 0 Å². The molecule has 130 valence electrons. The lowest BCUT2D eigenvalue weighted by Crippen LogP contribution is -2.38. The van der Waals surface area contributed by atoms with Gasteiger partial charge in [0, 0.05) is 13.1 Å². The molecule has 1 aromatic carbocycles. The summed E-state index contributed by atoms with van der Waals surface area (Å²) in [6, 6.07) is 5.26. The minimum Gasteiger partial charge on any atom is -0.357 e. The predicted molar refractivity (Wildman–Crippen MR) is 87.4 cm³/mol. The van der Waals surface area contributed by atoms with Crippen molar-refractivity contribution in [1.82, 2.24) is 15.5 Å². The van der Waals surface area contributed by atoms with E-state index in [4.69, 9.17) is 0 Å². The van der Waals surface area contributed by atoms with Crippen LogP contribution < -0.4 is 10.6 Å². The van der Waals surface area contributed by atoms with Crippen molar-refractivity contribution in [2.24, 2.45) is 4.99 Å². The minimum absolute atomic E-state index is 0.201. The molecule has 0 bridgehead atoms. The molecular weight excluding hydrogens is 305 g/mol. The summed E-state index contributed by atoms with van der Waals surface area (Å²) >= 11 is 0. The van der Waals surface area contributed by atoms with Crippen molar-refractivity contribution in [2.75, 3.05) is 33.7 Å². The highest BCUT2D eigenvalue weighted by Crippen LogP contribution is 2.29. The molecule has 0 aliphatic heterocycles. The lowest BCUT2D eigenvalue weighted by Gasteiger charge is -2.13. The largest absolute Gasteiger partial charge is 0.416 e. The molecule has 0 aliphatic carbocycles. The quantitative estimate of drug-likeness (QED) is 0.459. The van der Waals surface area contributed by atoms with Crippen LogP contribution in [-0.4, -0.2) is 44.6 Å². The zero-order valence-corrected chi connectivity index (χ0v) is 13.9. The highest BCUT2D eigenvalue weighted by atomic mass is 19.4. The monoisotopic (exact) mass is 330 g/mol. The first-order chi connectivity index (χ1) is 10.8. The number of nitrogens with zero attached hydrogens (tertiary/aromatic N) is 2. The second-order valence-corrected chi connectivity index (χ2v) is 5.48. The molecule has 0 saturated heterocycles. The van der Waals surface area contributed by atoms with Crippen LogP contribution in [0.1, 0.15) is 24.5 Å². The van der Waals surface area contributed by atoms with Crippen molar-refractivity contribution in [3.05, 3.63) is 35.4 Å². The molecule has 23 heavy (non-hydrogen) atoms. The number of rotatable bonds is 7. The van der Waals surface area contributed by atoms with E-state index >= 15 is 0 Å². The maximum absolute atomic E-state index is 12.7. The molecule has 0 atom stereocenters. The van der Waals surface area contributed by atoms with Crippen molar-refractivity contribution < 1.29 is 13.2 Å². The molecule has 0 aromatic heterocycles. The number of halogens is 3. The van der Waals surface area contributed by atoms with Gasteiger partial charge in [0.25, 0.3) is 0 Å². The van der Waals surface area contributed by atoms with Crippen LogP contribution in [0.3, 0.4) is 0 Å². The molecule has 1 aromatic rings. The van der Waals surface area contributed by atoms with Crippen LogP contribution in [0, 0.1) is 0 Å². The van der Waals surface area contributed by atoms with Gasteiger partial charge in [-0.2, -0.15) is 13.2 Å². The molecule has 0 amide bonds. The first-order valence-corrected chi connectivity index (χ1v) is 7.66. The van der Waals surface area contributed by atoms with Crippen LogP contribution in [0.5, 0.6) is 0 Å². The van der Waals surface area contributed by atoms with Gasteiger partial charge in [-0.25, -0.2) is 4.99 Å². The molecular formula is C16H25F3N4. The van der Waals surface area contributed by atoms with E-state index in [1.54, 1.807) is 6.07 Å². The fraction of sp³-hybridized carbons (Fsp3) is 0.562. The average molecular weight is 330 g/mol. The SMILES string of the molecule is CCNC(=NCc1cccc(C(F)(F)F)c1)NCCCN(C)C. The molecule has 0 aliphatic rings. The van der Waals surface area contributed by atoms with E-state index in [0.717, 1.165) is 31.6 Å². The Morgan fingerprint density at radius 1 is 1.22 bits per heavy atom. The Morgan fingerprint density at radius 3 is 2.57 bits per heavy atom. The highest BCUT2D eigenvalue weighted by Gasteiger charge is 2.30. The Balaban J connectivity index is 2.62. The van der Waals surface area contributed by atoms with Gasteiger partial charge in [0.05, 0.1) is 12.1 Å². The van der Waals surface area contributed by atoms with Crippen LogP contribution in [0.4, 0.5) is 13.2 Å². The number of hydrogen-bond acceptors (Lipinski definition) is 2. The Kier molecular flexibility index (Phi) is 7.88. The molecule has 0 fully saturated rings. The van der Waals surface area contributed by atoms with E-state index in [2.05, 4.69) is 20.5 Å². The predicted octanol–water partition coefficient (Wildman–Crippen LogP) is 2.71. The van der Waals surface area contributed by atoms with E-state index in [1.165, 1.54) is 6.07 Å². The maximum atomic E-state index is 12.7. The van der Waals surface area contributed by atoms with Gasteiger partial charge in [-0.3, -0.25) is 0 Å². The van der Waals surface area contributed by atoms with Crippen LogP contribution in [-0.2, 0) is 12.7 Å². The fourth-order valence-corrected chi connectivity index (χ4v) is 1.96. The summed E-state index contributed by atoms with van der Waals surface area (Å²) in [7, 11) is 4.01. The number of alkyl halides is 3. The molecule has 0 unspecified atom stereocenters. The summed E-state index contributed by atoms with van der Waals surface area (Å²) in [5.74, 6) is 0.615. The topological polar surface area (TPSA) is 39.7 Å². The van der Waals surface area contributed by atoms with Gasteiger partial charge >= 0.3 is 6.18 Å². The molecule has 0 radical (unpaired) electrons. The molecule has 7 heteroatoms.